The van der Waals surface area contributed by atoms with E-state index in [0.717, 1.165) is 30.0 Å². The summed E-state index contributed by atoms with van der Waals surface area (Å²) in [5.41, 5.74) is 1.16. The molecule has 0 aliphatic heterocycles. The summed E-state index contributed by atoms with van der Waals surface area (Å²) in [7, 11) is 3.34. The molecule has 0 atom stereocenters. The van der Waals surface area contributed by atoms with E-state index < -0.39 is 0 Å². The Kier molecular flexibility index (Phi) is 5.74. The normalized spacial score (nSPS) is 14.3. The van der Waals surface area contributed by atoms with Crippen LogP contribution in [0, 0.1) is 5.92 Å². The third-order valence-corrected chi connectivity index (χ3v) is 3.63. The molecule has 4 nitrogen and oxygen atoms in total. The van der Waals surface area contributed by atoms with E-state index in [-0.39, 0.29) is 0 Å². The smallest absolute Gasteiger partial charge is 0.203 e. The van der Waals surface area contributed by atoms with E-state index in [4.69, 9.17) is 14.2 Å². The molecule has 118 valence electrons. The van der Waals surface area contributed by atoms with E-state index in [1.807, 2.05) is 12.1 Å². The van der Waals surface area contributed by atoms with Gasteiger partial charge in [0.05, 0.1) is 20.8 Å². The van der Waals surface area contributed by atoms with E-state index in [1.54, 1.807) is 14.2 Å². The molecule has 0 bridgehead atoms. The molecule has 0 amide bonds. The van der Waals surface area contributed by atoms with E-state index in [2.05, 4.69) is 19.2 Å². The third-order valence-electron chi connectivity index (χ3n) is 3.63. The minimum Gasteiger partial charge on any atom is -0.493 e. The minimum absolute atomic E-state index is 0.615. The zero-order valence-corrected chi connectivity index (χ0v) is 13.6. The molecule has 0 heterocycles. The predicted octanol–water partition coefficient (Wildman–Crippen LogP) is 3.38. The Morgan fingerprint density at radius 3 is 2.24 bits per heavy atom. The number of hydrogen-bond acceptors (Lipinski definition) is 4. The second kappa shape index (κ2) is 7.55. The highest BCUT2D eigenvalue weighted by molar-refractivity contribution is 5.53. The van der Waals surface area contributed by atoms with Crippen molar-refractivity contribution < 1.29 is 14.2 Å². The topological polar surface area (TPSA) is 39.7 Å². The van der Waals surface area contributed by atoms with Crippen LogP contribution >= 0.6 is 0 Å². The lowest BCUT2D eigenvalue weighted by molar-refractivity contribution is 0.257. The molecule has 1 aliphatic carbocycles. The fourth-order valence-electron chi connectivity index (χ4n) is 2.12. The lowest BCUT2D eigenvalue weighted by atomic mass is 10.1. The first-order valence-electron chi connectivity index (χ1n) is 7.75. The quantitative estimate of drug-likeness (QED) is 0.757. The molecule has 2 rings (SSSR count). The fourth-order valence-corrected chi connectivity index (χ4v) is 2.12. The highest BCUT2D eigenvalue weighted by atomic mass is 16.5. The fraction of sp³-hybridized carbons (Fsp3) is 0.647. The molecule has 4 heteroatoms. The first-order valence-corrected chi connectivity index (χ1v) is 7.75. The number of ether oxygens (including phenoxy) is 3. The van der Waals surface area contributed by atoms with Gasteiger partial charge in [-0.3, -0.25) is 0 Å². The van der Waals surface area contributed by atoms with Crippen LogP contribution in [0.1, 0.15) is 38.7 Å². The second-order valence-electron chi connectivity index (χ2n) is 6.02. The zero-order valence-electron chi connectivity index (χ0n) is 13.6. The summed E-state index contributed by atoms with van der Waals surface area (Å²) < 4.78 is 16.8. The molecule has 0 unspecified atom stereocenters. The van der Waals surface area contributed by atoms with Crippen LogP contribution in [-0.2, 0) is 6.54 Å². The van der Waals surface area contributed by atoms with Crippen molar-refractivity contribution >= 4 is 0 Å². The van der Waals surface area contributed by atoms with Crippen LogP contribution in [0.3, 0.4) is 0 Å². The van der Waals surface area contributed by atoms with Crippen molar-refractivity contribution in [3.05, 3.63) is 17.7 Å². The average Bonchev–Trinajstić information content (AvgIpc) is 3.29. The maximum Gasteiger partial charge on any atom is 0.203 e. The highest BCUT2D eigenvalue weighted by Gasteiger charge is 2.21. The van der Waals surface area contributed by atoms with Gasteiger partial charge in [0.2, 0.25) is 5.75 Å². The predicted molar refractivity (Wildman–Crippen MR) is 84.4 cm³/mol. The Hall–Kier alpha value is -1.42. The number of hydrogen-bond donors (Lipinski definition) is 1. The molecule has 1 aliphatic rings. The largest absolute Gasteiger partial charge is 0.493 e. The van der Waals surface area contributed by atoms with Gasteiger partial charge in [-0.2, -0.15) is 0 Å². The van der Waals surface area contributed by atoms with Crippen molar-refractivity contribution in [3.8, 4) is 17.2 Å². The lowest BCUT2D eigenvalue weighted by Crippen LogP contribution is -2.15. The molecular formula is C17H27NO3. The van der Waals surface area contributed by atoms with Crippen molar-refractivity contribution in [2.24, 2.45) is 5.92 Å². The molecule has 0 aromatic heterocycles. The van der Waals surface area contributed by atoms with Crippen LogP contribution in [0.15, 0.2) is 12.1 Å². The van der Waals surface area contributed by atoms with Crippen molar-refractivity contribution in [2.45, 2.75) is 45.7 Å². The van der Waals surface area contributed by atoms with Crippen LogP contribution in [0.25, 0.3) is 0 Å². The third kappa shape index (κ3) is 4.81. The Labute approximate surface area is 127 Å². The van der Waals surface area contributed by atoms with Gasteiger partial charge in [0.25, 0.3) is 0 Å². The number of nitrogens with one attached hydrogen (secondary N) is 1. The van der Waals surface area contributed by atoms with Crippen molar-refractivity contribution in [3.63, 3.8) is 0 Å². The summed E-state index contributed by atoms with van der Waals surface area (Å²) in [4.78, 5) is 0. The van der Waals surface area contributed by atoms with Crippen molar-refractivity contribution in [2.75, 3.05) is 20.8 Å². The van der Waals surface area contributed by atoms with E-state index in [0.29, 0.717) is 24.3 Å². The minimum atomic E-state index is 0.615. The Morgan fingerprint density at radius 1 is 1.14 bits per heavy atom. The summed E-state index contributed by atoms with van der Waals surface area (Å²) in [5, 5.41) is 3.50. The molecule has 0 radical (unpaired) electrons. The maximum atomic E-state index is 5.88. The summed E-state index contributed by atoms with van der Waals surface area (Å²) in [6.45, 7) is 5.88. The summed E-state index contributed by atoms with van der Waals surface area (Å²) in [6.07, 6.45) is 3.58. The Balaban J connectivity index is 2.08. The van der Waals surface area contributed by atoms with Crippen molar-refractivity contribution in [1.82, 2.24) is 5.32 Å². The van der Waals surface area contributed by atoms with Crippen LogP contribution in [0.4, 0.5) is 0 Å². The molecule has 21 heavy (non-hydrogen) atoms. The van der Waals surface area contributed by atoms with Crippen LogP contribution in [-0.4, -0.2) is 26.9 Å². The SMILES string of the molecule is COc1cc(CNC2CC2)cc(OC)c1OCCC(C)C. The van der Waals surface area contributed by atoms with Crippen LogP contribution < -0.4 is 19.5 Å². The second-order valence-corrected chi connectivity index (χ2v) is 6.02. The summed E-state index contributed by atoms with van der Waals surface area (Å²) in [5.74, 6) is 2.80. The van der Waals surface area contributed by atoms with Gasteiger partial charge in [-0.15, -0.1) is 0 Å². The van der Waals surface area contributed by atoms with Gasteiger partial charge >= 0.3 is 0 Å². The monoisotopic (exact) mass is 293 g/mol. The number of methoxy groups -OCH3 is 2. The summed E-state index contributed by atoms with van der Waals surface area (Å²) >= 11 is 0. The number of benzene rings is 1. The molecular weight excluding hydrogens is 266 g/mol. The van der Waals surface area contributed by atoms with Gasteiger partial charge in [0, 0.05) is 12.6 Å². The van der Waals surface area contributed by atoms with E-state index >= 15 is 0 Å². The van der Waals surface area contributed by atoms with E-state index in [9.17, 15) is 0 Å². The van der Waals surface area contributed by atoms with Crippen LogP contribution in [0.5, 0.6) is 17.2 Å². The Morgan fingerprint density at radius 2 is 1.76 bits per heavy atom. The highest BCUT2D eigenvalue weighted by Crippen LogP contribution is 2.39. The molecule has 1 N–H and O–H groups in total. The van der Waals surface area contributed by atoms with Gasteiger partial charge in [0.1, 0.15) is 0 Å². The number of rotatable bonds is 9. The summed E-state index contributed by atoms with van der Waals surface area (Å²) in [6, 6.07) is 4.74. The van der Waals surface area contributed by atoms with Crippen molar-refractivity contribution in [1.29, 1.82) is 0 Å². The lowest BCUT2D eigenvalue weighted by Gasteiger charge is -2.17. The van der Waals surface area contributed by atoms with Gasteiger partial charge < -0.3 is 19.5 Å². The Bertz CT molecular complexity index is 430. The zero-order chi connectivity index (χ0) is 15.2. The van der Waals surface area contributed by atoms with Gasteiger partial charge in [-0.05, 0) is 42.9 Å². The first-order chi connectivity index (χ1) is 10.1. The van der Waals surface area contributed by atoms with E-state index in [1.165, 1.54) is 12.8 Å². The van der Waals surface area contributed by atoms with Crippen LogP contribution in [0.2, 0.25) is 0 Å². The maximum absolute atomic E-state index is 5.88. The molecule has 0 saturated heterocycles. The first kappa shape index (κ1) is 16.0. The molecule has 1 saturated carbocycles. The molecule has 0 spiro atoms. The van der Waals surface area contributed by atoms with Gasteiger partial charge in [0.15, 0.2) is 11.5 Å². The molecule has 1 aromatic carbocycles. The van der Waals surface area contributed by atoms with Gasteiger partial charge in [-0.1, -0.05) is 13.8 Å². The van der Waals surface area contributed by atoms with Gasteiger partial charge in [-0.25, -0.2) is 0 Å². The average molecular weight is 293 g/mol. The standard InChI is InChI=1S/C17H27NO3/c1-12(2)7-8-21-17-15(19-3)9-13(10-16(17)20-4)11-18-14-5-6-14/h9-10,12,14,18H,5-8,11H2,1-4H3. The molecule has 1 fully saturated rings. The molecule has 1 aromatic rings.